The maximum atomic E-state index is 12.6. The number of nitrogens with one attached hydrogen (secondary N) is 2. The molecular formula is C16H19N9O4. The van der Waals surface area contributed by atoms with Gasteiger partial charge in [0.05, 0.1) is 34.9 Å². The van der Waals surface area contributed by atoms with Crippen LogP contribution >= 0.6 is 0 Å². The van der Waals surface area contributed by atoms with E-state index in [1.54, 1.807) is 38.1 Å². The highest BCUT2D eigenvalue weighted by molar-refractivity contribution is 6.02. The van der Waals surface area contributed by atoms with E-state index in [0.717, 1.165) is 5.56 Å². The van der Waals surface area contributed by atoms with Crippen molar-refractivity contribution in [3.63, 3.8) is 0 Å². The van der Waals surface area contributed by atoms with Crippen LogP contribution in [-0.4, -0.2) is 46.1 Å². The molecule has 0 radical (unpaired) electrons. The summed E-state index contributed by atoms with van der Waals surface area (Å²) in [6.07, 6.45) is 4.77. The molecule has 3 aromatic heterocycles. The second-order valence-electron chi connectivity index (χ2n) is 6.34. The number of aryl methyl sites for hydroxylation is 3. The number of rotatable bonds is 7. The monoisotopic (exact) mass is 401 g/mol. The van der Waals surface area contributed by atoms with Crippen molar-refractivity contribution in [2.24, 2.45) is 14.1 Å². The van der Waals surface area contributed by atoms with Crippen molar-refractivity contribution in [3.05, 3.63) is 51.7 Å². The molecule has 13 heteroatoms. The summed E-state index contributed by atoms with van der Waals surface area (Å²) in [6, 6.07) is 1.27. The fourth-order valence-electron chi connectivity index (χ4n) is 2.70. The largest absolute Gasteiger partial charge is 0.390 e. The summed E-state index contributed by atoms with van der Waals surface area (Å²) >= 11 is 0. The number of nitrogens with zero attached hydrogens (tertiary/aromatic N) is 7. The number of nitro groups is 1. The van der Waals surface area contributed by atoms with E-state index in [4.69, 9.17) is 0 Å². The minimum Gasteiger partial charge on any atom is -0.358 e. The molecule has 0 aliphatic rings. The van der Waals surface area contributed by atoms with E-state index in [-0.39, 0.29) is 30.3 Å². The molecule has 0 bridgehead atoms. The molecule has 0 unspecified atom stereocenters. The normalized spacial score (nSPS) is 10.7. The molecule has 3 aromatic rings. The van der Waals surface area contributed by atoms with Crippen molar-refractivity contribution in [3.8, 4) is 0 Å². The van der Waals surface area contributed by atoms with Crippen LogP contribution in [0.1, 0.15) is 21.7 Å². The maximum absolute atomic E-state index is 12.6. The quantitative estimate of drug-likeness (QED) is 0.421. The predicted octanol–water partition coefficient (Wildman–Crippen LogP) is 0.135. The van der Waals surface area contributed by atoms with Crippen LogP contribution in [0.3, 0.4) is 0 Å². The first kappa shape index (κ1) is 19.7. The highest BCUT2D eigenvalue weighted by Gasteiger charge is 2.21. The van der Waals surface area contributed by atoms with E-state index < -0.39 is 16.7 Å². The lowest BCUT2D eigenvalue weighted by Gasteiger charge is -2.08. The molecule has 2 amide bonds. The average molecular weight is 401 g/mol. The topological polar surface area (TPSA) is 155 Å². The standard InChI is InChI=1S/C16H19N9O4/c1-10-4-13(25(28)29)21-24(10)9-14(26)20-12-7-19-23(3)15(12)16(27)17-5-11-6-18-22(2)8-11/h4,6-8H,5,9H2,1-3H3,(H,17,27)(H,20,26). The zero-order valence-electron chi connectivity index (χ0n) is 16.0. The fraction of sp³-hybridized carbons (Fsp3) is 0.312. The van der Waals surface area contributed by atoms with Crippen molar-refractivity contribution in [1.29, 1.82) is 0 Å². The smallest absolute Gasteiger partial charge is 0.358 e. The molecule has 0 spiro atoms. The molecule has 0 fully saturated rings. The van der Waals surface area contributed by atoms with Crippen molar-refractivity contribution in [2.45, 2.75) is 20.0 Å². The number of amides is 2. The second kappa shape index (κ2) is 7.92. The summed E-state index contributed by atoms with van der Waals surface area (Å²) in [5, 5.41) is 28.0. The van der Waals surface area contributed by atoms with Crippen molar-refractivity contribution in [2.75, 3.05) is 5.32 Å². The molecule has 0 saturated heterocycles. The first-order chi connectivity index (χ1) is 13.7. The highest BCUT2D eigenvalue weighted by atomic mass is 16.6. The van der Waals surface area contributed by atoms with Crippen LogP contribution in [0.15, 0.2) is 24.7 Å². The first-order valence-corrected chi connectivity index (χ1v) is 8.51. The van der Waals surface area contributed by atoms with Gasteiger partial charge in [0, 0.05) is 32.4 Å². The molecule has 0 saturated carbocycles. The van der Waals surface area contributed by atoms with Gasteiger partial charge in [0.1, 0.15) is 12.2 Å². The zero-order chi connectivity index (χ0) is 21.1. The highest BCUT2D eigenvalue weighted by Crippen LogP contribution is 2.15. The maximum Gasteiger partial charge on any atom is 0.390 e. The Labute approximate surface area is 164 Å². The van der Waals surface area contributed by atoms with Crippen LogP contribution in [0.4, 0.5) is 11.5 Å². The number of hydrogen-bond acceptors (Lipinski definition) is 7. The van der Waals surface area contributed by atoms with Crippen LogP contribution in [0, 0.1) is 17.0 Å². The molecule has 0 aliphatic heterocycles. The minimum absolute atomic E-state index is 0.172. The zero-order valence-corrected chi connectivity index (χ0v) is 16.0. The molecular weight excluding hydrogens is 382 g/mol. The van der Waals surface area contributed by atoms with Gasteiger partial charge in [0.2, 0.25) is 5.91 Å². The number of carbonyl (C=O) groups excluding carboxylic acids is 2. The van der Waals surface area contributed by atoms with Crippen molar-refractivity contribution < 1.29 is 14.5 Å². The number of carbonyl (C=O) groups is 2. The van der Waals surface area contributed by atoms with Gasteiger partial charge in [-0.15, -0.1) is 0 Å². The molecule has 152 valence electrons. The fourth-order valence-corrected chi connectivity index (χ4v) is 2.70. The van der Waals surface area contributed by atoms with E-state index in [9.17, 15) is 19.7 Å². The first-order valence-electron chi connectivity index (χ1n) is 8.51. The molecule has 3 rings (SSSR count). The Bertz CT molecular complexity index is 1080. The Hall–Kier alpha value is -4.03. The third-order valence-corrected chi connectivity index (χ3v) is 4.09. The summed E-state index contributed by atoms with van der Waals surface area (Å²) in [5.41, 5.74) is 1.68. The average Bonchev–Trinajstić information content (AvgIpc) is 3.33. The van der Waals surface area contributed by atoms with Crippen LogP contribution in [0.2, 0.25) is 0 Å². The van der Waals surface area contributed by atoms with Gasteiger partial charge >= 0.3 is 5.82 Å². The van der Waals surface area contributed by atoms with E-state index in [2.05, 4.69) is 25.9 Å². The lowest BCUT2D eigenvalue weighted by Crippen LogP contribution is -2.27. The Morgan fingerprint density at radius 2 is 2.00 bits per heavy atom. The molecule has 29 heavy (non-hydrogen) atoms. The van der Waals surface area contributed by atoms with Crippen molar-refractivity contribution in [1.82, 2.24) is 34.7 Å². The van der Waals surface area contributed by atoms with Crippen molar-refractivity contribution >= 4 is 23.3 Å². The number of anilines is 1. The van der Waals surface area contributed by atoms with Gasteiger partial charge in [-0.3, -0.25) is 19.0 Å². The predicted molar refractivity (Wildman–Crippen MR) is 99.8 cm³/mol. The van der Waals surface area contributed by atoms with E-state index in [1.165, 1.54) is 21.6 Å². The second-order valence-corrected chi connectivity index (χ2v) is 6.34. The Balaban J connectivity index is 1.67. The lowest BCUT2D eigenvalue weighted by atomic mass is 10.3. The molecule has 0 aromatic carbocycles. The Morgan fingerprint density at radius 1 is 1.24 bits per heavy atom. The van der Waals surface area contributed by atoms with Gasteiger partial charge in [-0.1, -0.05) is 0 Å². The minimum atomic E-state index is -0.632. The molecule has 13 nitrogen and oxygen atoms in total. The van der Waals surface area contributed by atoms with Gasteiger partial charge in [-0.2, -0.15) is 14.9 Å². The molecule has 0 atom stereocenters. The third-order valence-electron chi connectivity index (χ3n) is 4.09. The van der Waals surface area contributed by atoms with Gasteiger partial charge in [0.25, 0.3) is 5.91 Å². The molecule has 2 N–H and O–H groups in total. The van der Waals surface area contributed by atoms with Crippen LogP contribution in [0.5, 0.6) is 0 Å². The number of hydrogen-bond donors (Lipinski definition) is 2. The van der Waals surface area contributed by atoms with Crippen LogP contribution in [0.25, 0.3) is 0 Å². The number of aromatic nitrogens is 6. The summed E-state index contributed by atoms with van der Waals surface area (Å²) in [7, 11) is 3.35. The summed E-state index contributed by atoms with van der Waals surface area (Å²) in [4.78, 5) is 35.1. The van der Waals surface area contributed by atoms with Gasteiger partial charge in [-0.05, 0) is 11.8 Å². The Morgan fingerprint density at radius 3 is 2.62 bits per heavy atom. The van der Waals surface area contributed by atoms with E-state index in [0.29, 0.717) is 5.69 Å². The molecule has 3 heterocycles. The van der Waals surface area contributed by atoms with Gasteiger partial charge in [0.15, 0.2) is 0 Å². The SMILES string of the molecule is Cc1cc([N+](=O)[O-])nn1CC(=O)Nc1cnn(C)c1C(=O)NCc1cnn(C)c1. The summed E-state index contributed by atoms with van der Waals surface area (Å²) in [6.45, 7) is 1.63. The summed E-state index contributed by atoms with van der Waals surface area (Å²) < 4.78 is 4.18. The van der Waals surface area contributed by atoms with Crippen LogP contribution in [-0.2, 0) is 32.0 Å². The molecule has 0 aliphatic carbocycles. The Kier molecular flexibility index (Phi) is 5.38. The third kappa shape index (κ3) is 4.45. The lowest BCUT2D eigenvalue weighted by molar-refractivity contribution is -0.389. The van der Waals surface area contributed by atoms with E-state index >= 15 is 0 Å². The van der Waals surface area contributed by atoms with Gasteiger partial charge in [-0.25, -0.2) is 0 Å². The van der Waals surface area contributed by atoms with Gasteiger partial charge < -0.3 is 20.7 Å². The summed E-state index contributed by atoms with van der Waals surface area (Å²) in [5.74, 6) is -1.26. The van der Waals surface area contributed by atoms with E-state index in [1.807, 2.05) is 0 Å². The van der Waals surface area contributed by atoms with Crippen LogP contribution < -0.4 is 10.6 Å².